The maximum Gasteiger partial charge on any atom is 0.252 e. The second-order valence-electron chi connectivity index (χ2n) is 8.05. The van der Waals surface area contributed by atoms with Gasteiger partial charge in [0.05, 0.1) is 23.7 Å². The Morgan fingerprint density at radius 1 is 1.39 bits per heavy atom. The number of halogens is 1. The molecule has 0 bridgehead atoms. The third-order valence-corrected chi connectivity index (χ3v) is 6.25. The molecule has 1 saturated heterocycles. The highest BCUT2D eigenvalue weighted by Gasteiger charge is 2.45. The number of nitrogens with zero attached hydrogens (tertiary/aromatic N) is 5. The minimum absolute atomic E-state index is 0.0952. The number of aryl methyl sites for hydroxylation is 2. The van der Waals surface area contributed by atoms with Gasteiger partial charge in [0, 0.05) is 42.5 Å². The molecule has 2 aromatic heterocycles. The Hall–Kier alpha value is -3.62. The molecule has 1 amide bonds. The largest absolute Gasteiger partial charge is 0.351 e. The average Bonchev–Trinajstić information content (AvgIpc) is 3.17. The Labute approximate surface area is 194 Å². The molecular weight excluding hydrogens is 443 g/mol. The quantitative estimate of drug-likeness (QED) is 0.484. The van der Waals surface area contributed by atoms with Crippen LogP contribution in [0.3, 0.4) is 0 Å². The molecule has 1 fully saturated rings. The monoisotopic (exact) mass is 466 g/mol. The summed E-state index contributed by atoms with van der Waals surface area (Å²) in [5, 5.41) is 16.3. The number of hydrogen-bond acceptors (Lipinski definition) is 9. The van der Waals surface area contributed by atoms with E-state index in [1.807, 2.05) is 24.8 Å². The van der Waals surface area contributed by atoms with Crippen molar-refractivity contribution in [2.45, 2.75) is 32.4 Å². The Balaban J connectivity index is 1.51. The van der Waals surface area contributed by atoms with E-state index in [1.165, 1.54) is 29.7 Å². The van der Waals surface area contributed by atoms with Crippen LogP contribution in [-0.4, -0.2) is 38.9 Å². The zero-order valence-corrected chi connectivity index (χ0v) is 19.0. The molecule has 4 rings (SSSR count). The van der Waals surface area contributed by atoms with E-state index in [2.05, 4.69) is 31.0 Å². The fourth-order valence-corrected chi connectivity index (χ4v) is 4.51. The molecule has 1 aliphatic rings. The number of nitrogens with two attached hydrogens (primary N) is 1. The van der Waals surface area contributed by atoms with E-state index >= 15 is 0 Å². The van der Waals surface area contributed by atoms with Crippen molar-refractivity contribution in [2.24, 2.45) is 5.73 Å². The molecule has 0 aliphatic carbocycles. The number of hydrogen-bond donors (Lipinski definition) is 3. The number of nitrogens with one attached hydrogen (secondary N) is 2. The average molecular weight is 467 g/mol. The molecule has 0 atom stereocenters. The van der Waals surface area contributed by atoms with Gasteiger partial charge in [-0.3, -0.25) is 4.79 Å². The SMILES string of the molecule is Cc1cc(Nc2ncc(C)c(N3CC(CC#N)(NC(=O)c4cccc(F)c4CN)C3)n2)sn1. The molecule has 1 aliphatic heterocycles. The number of carbonyl (C=O) groups is 1. The smallest absolute Gasteiger partial charge is 0.252 e. The molecule has 3 aromatic rings. The predicted molar refractivity (Wildman–Crippen MR) is 124 cm³/mol. The summed E-state index contributed by atoms with van der Waals surface area (Å²) in [6.07, 6.45) is 1.83. The van der Waals surface area contributed by atoms with E-state index in [9.17, 15) is 14.4 Å². The molecular formula is C22H23FN8OS. The number of carbonyl (C=O) groups excluding carboxylic acids is 1. The minimum Gasteiger partial charge on any atom is -0.351 e. The van der Waals surface area contributed by atoms with Crippen LogP contribution in [0.2, 0.25) is 0 Å². The number of benzene rings is 1. The number of rotatable bonds is 7. The Kier molecular flexibility index (Phi) is 6.22. The van der Waals surface area contributed by atoms with Gasteiger partial charge in [0.25, 0.3) is 5.91 Å². The maximum atomic E-state index is 14.1. The van der Waals surface area contributed by atoms with Crippen molar-refractivity contribution in [3.8, 4) is 6.07 Å². The second kappa shape index (κ2) is 9.09. The summed E-state index contributed by atoms with van der Waals surface area (Å²) < 4.78 is 18.3. The summed E-state index contributed by atoms with van der Waals surface area (Å²) >= 11 is 1.32. The van der Waals surface area contributed by atoms with E-state index in [-0.39, 0.29) is 24.1 Å². The first kappa shape index (κ1) is 22.6. The highest BCUT2D eigenvalue weighted by molar-refractivity contribution is 7.10. The molecule has 170 valence electrons. The lowest BCUT2D eigenvalue weighted by atomic mass is 9.85. The van der Waals surface area contributed by atoms with E-state index in [0.29, 0.717) is 24.9 Å². The third kappa shape index (κ3) is 4.62. The van der Waals surface area contributed by atoms with Crippen LogP contribution in [-0.2, 0) is 6.54 Å². The van der Waals surface area contributed by atoms with Gasteiger partial charge in [-0.2, -0.15) is 14.6 Å². The zero-order valence-electron chi connectivity index (χ0n) is 18.2. The fraction of sp³-hybridized carbons (Fsp3) is 0.318. The molecule has 4 N–H and O–H groups in total. The van der Waals surface area contributed by atoms with E-state index < -0.39 is 17.3 Å². The van der Waals surface area contributed by atoms with Crippen LogP contribution in [0.15, 0.2) is 30.5 Å². The second-order valence-corrected chi connectivity index (χ2v) is 8.86. The number of aromatic nitrogens is 3. The lowest BCUT2D eigenvalue weighted by Gasteiger charge is -2.50. The molecule has 0 unspecified atom stereocenters. The zero-order chi connectivity index (χ0) is 23.6. The molecule has 9 nitrogen and oxygen atoms in total. The molecule has 0 radical (unpaired) electrons. The van der Waals surface area contributed by atoms with Crippen molar-refractivity contribution in [1.29, 1.82) is 5.26 Å². The topological polar surface area (TPSA) is 133 Å². The van der Waals surface area contributed by atoms with Crippen molar-refractivity contribution >= 4 is 34.2 Å². The van der Waals surface area contributed by atoms with Crippen molar-refractivity contribution in [3.63, 3.8) is 0 Å². The van der Waals surface area contributed by atoms with Gasteiger partial charge in [0.15, 0.2) is 0 Å². The van der Waals surface area contributed by atoms with Gasteiger partial charge in [-0.1, -0.05) is 6.07 Å². The van der Waals surface area contributed by atoms with Crippen LogP contribution in [0, 0.1) is 31.0 Å². The van der Waals surface area contributed by atoms with Gasteiger partial charge in [0.1, 0.15) is 16.6 Å². The van der Waals surface area contributed by atoms with Crippen molar-refractivity contribution in [2.75, 3.05) is 23.3 Å². The predicted octanol–water partition coefficient (Wildman–Crippen LogP) is 2.79. The lowest BCUT2D eigenvalue weighted by Crippen LogP contribution is -2.70. The third-order valence-electron chi connectivity index (χ3n) is 5.46. The van der Waals surface area contributed by atoms with Gasteiger partial charge in [-0.25, -0.2) is 9.37 Å². The molecule has 3 heterocycles. The summed E-state index contributed by atoms with van der Waals surface area (Å²) in [7, 11) is 0. The normalized spacial score (nSPS) is 14.3. The minimum atomic E-state index is -0.774. The first-order chi connectivity index (χ1) is 15.8. The fourth-order valence-electron chi connectivity index (χ4n) is 3.85. The van der Waals surface area contributed by atoms with Crippen LogP contribution in [0.1, 0.15) is 33.6 Å². The highest BCUT2D eigenvalue weighted by atomic mass is 32.1. The van der Waals surface area contributed by atoms with Crippen LogP contribution >= 0.6 is 11.5 Å². The Bertz CT molecular complexity index is 1230. The summed E-state index contributed by atoms with van der Waals surface area (Å²) in [5.74, 6) is 0.174. The van der Waals surface area contributed by atoms with Gasteiger partial charge in [-0.15, -0.1) is 0 Å². The first-order valence-corrected chi connectivity index (χ1v) is 11.1. The van der Waals surface area contributed by atoms with E-state index in [1.54, 1.807) is 6.20 Å². The number of amides is 1. The van der Waals surface area contributed by atoms with Crippen LogP contribution in [0.25, 0.3) is 0 Å². The van der Waals surface area contributed by atoms with Gasteiger partial charge >= 0.3 is 0 Å². The summed E-state index contributed by atoms with van der Waals surface area (Å²) in [5.41, 5.74) is 6.97. The molecule has 1 aromatic carbocycles. The lowest BCUT2D eigenvalue weighted by molar-refractivity contribution is 0.0877. The summed E-state index contributed by atoms with van der Waals surface area (Å²) in [4.78, 5) is 23.9. The van der Waals surface area contributed by atoms with Gasteiger partial charge < -0.3 is 21.3 Å². The Morgan fingerprint density at radius 2 is 2.18 bits per heavy atom. The highest BCUT2D eigenvalue weighted by Crippen LogP contribution is 2.32. The summed E-state index contributed by atoms with van der Waals surface area (Å²) in [6, 6.07) is 8.33. The van der Waals surface area contributed by atoms with Crippen LogP contribution < -0.4 is 21.3 Å². The first-order valence-electron chi connectivity index (χ1n) is 10.3. The number of anilines is 3. The van der Waals surface area contributed by atoms with Crippen molar-refractivity contribution in [1.82, 2.24) is 19.7 Å². The molecule has 11 heteroatoms. The van der Waals surface area contributed by atoms with Gasteiger partial charge in [-0.05, 0) is 43.6 Å². The molecule has 0 saturated carbocycles. The van der Waals surface area contributed by atoms with Crippen molar-refractivity contribution in [3.05, 3.63) is 58.7 Å². The summed E-state index contributed by atoms with van der Waals surface area (Å²) in [6.45, 7) is 4.49. The van der Waals surface area contributed by atoms with E-state index in [0.717, 1.165) is 16.3 Å². The van der Waals surface area contributed by atoms with Crippen LogP contribution in [0.4, 0.5) is 21.2 Å². The standard InChI is InChI=1S/C22H23FN8OS/c1-13-10-26-21(27-18-8-14(2)30-33-18)28-19(13)31-11-22(12-31,6-7-24)29-20(32)15-4-3-5-17(23)16(15)9-25/h3-5,8,10H,6,9,11-12,25H2,1-2H3,(H,29,32)(H,26,27,28). The van der Waals surface area contributed by atoms with Crippen LogP contribution in [0.5, 0.6) is 0 Å². The molecule has 33 heavy (non-hydrogen) atoms. The van der Waals surface area contributed by atoms with Gasteiger partial charge in [0.2, 0.25) is 5.95 Å². The maximum absolute atomic E-state index is 14.1. The number of nitriles is 1. The molecule has 0 spiro atoms. The van der Waals surface area contributed by atoms with Crippen molar-refractivity contribution < 1.29 is 9.18 Å². The Morgan fingerprint density at radius 3 is 2.85 bits per heavy atom. The van der Waals surface area contributed by atoms with E-state index in [4.69, 9.17) is 5.73 Å².